The zero-order chi connectivity index (χ0) is 9.97. The maximum atomic E-state index is 2.50. The van der Waals surface area contributed by atoms with Gasteiger partial charge >= 0.3 is 90.9 Å². The molecule has 0 unspecified atom stereocenters. The predicted octanol–water partition coefficient (Wildman–Crippen LogP) is 2.29. The molecule has 1 aromatic heterocycles. The molecule has 0 radical (unpaired) electrons. The molecule has 0 saturated heterocycles. The summed E-state index contributed by atoms with van der Waals surface area (Å²) in [4.78, 5) is 0. The minimum atomic E-state index is 0.574. The quantitative estimate of drug-likeness (QED) is 0.583. The molecule has 0 atom stereocenters. The Bertz CT molecular complexity index is 431. The zero-order valence-corrected chi connectivity index (χ0v) is 10.5. The summed E-state index contributed by atoms with van der Waals surface area (Å²) >= 11 is 0.574. The number of hydrogen-bond donors (Lipinski definition) is 0. The van der Waals surface area contributed by atoms with E-state index in [1.165, 1.54) is 24.9 Å². The molecule has 0 spiro atoms. The summed E-state index contributed by atoms with van der Waals surface area (Å²) in [5.41, 5.74) is 1.46. The van der Waals surface area contributed by atoms with Crippen LogP contribution in [0.2, 0.25) is 0 Å². The van der Waals surface area contributed by atoms with Crippen molar-refractivity contribution in [3.63, 3.8) is 0 Å². The first kappa shape index (κ1) is 9.95. The van der Waals surface area contributed by atoms with E-state index >= 15 is 0 Å². The van der Waals surface area contributed by atoms with Crippen molar-refractivity contribution in [3.8, 4) is 0 Å². The van der Waals surface area contributed by atoms with Gasteiger partial charge in [-0.15, -0.1) is 0 Å². The van der Waals surface area contributed by atoms with E-state index in [0.29, 0.717) is 14.5 Å². The number of aryl methyl sites for hydroxylation is 2. The summed E-state index contributed by atoms with van der Waals surface area (Å²) in [7, 11) is 0. The Labute approximate surface area is 91.1 Å². The first-order valence-electron chi connectivity index (χ1n) is 5.21. The SMILES string of the molecule is CCCC[n+]1c(C)[se]c2ccccc21. The second kappa shape index (κ2) is 4.29. The molecule has 0 aliphatic carbocycles. The molecule has 0 fully saturated rings. The molecule has 0 aliphatic rings. The fourth-order valence-corrected chi connectivity index (χ4v) is 3.94. The number of rotatable bonds is 3. The van der Waals surface area contributed by atoms with E-state index in [2.05, 4.69) is 42.7 Å². The third-order valence-electron chi connectivity index (χ3n) is 2.53. The van der Waals surface area contributed by atoms with Gasteiger partial charge in [-0.3, -0.25) is 0 Å². The molecular formula is C12H16NSe+. The summed E-state index contributed by atoms with van der Waals surface area (Å²) in [6, 6.07) is 8.82. The van der Waals surface area contributed by atoms with Gasteiger partial charge in [0.15, 0.2) is 0 Å². The monoisotopic (exact) mass is 254 g/mol. The molecule has 1 nitrogen and oxygen atoms in total. The molecule has 0 N–H and O–H groups in total. The number of fused-ring (bicyclic) bond motifs is 1. The van der Waals surface area contributed by atoms with Gasteiger partial charge in [-0.2, -0.15) is 0 Å². The first-order chi connectivity index (χ1) is 6.83. The number of nitrogens with zero attached hydrogens (tertiary/aromatic N) is 1. The van der Waals surface area contributed by atoms with Crippen molar-refractivity contribution in [2.24, 2.45) is 0 Å². The van der Waals surface area contributed by atoms with E-state index in [-0.39, 0.29) is 0 Å². The number of benzene rings is 1. The fraction of sp³-hybridized carbons (Fsp3) is 0.417. The Balaban J connectivity index is 2.45. The van der Waals surface area contributed by atoms with Gasteiger partial charge in [-0.05, 0) is 0 Å². The molecule has 0 saturated carbocycles. The summed E-state index contributed by atoms with van der Waals surface area (Å²) in [5.74, 6) is 0. The van der Waals surface area contributed by atoms with E-state index in [4.69, 9.17) is 0 Å². The Morgan fingerprint density at radius 1 is 1.29 bits per heavy atom. The zero-order valence-electron chi connectivity index (χ0n) is 8.79. The molecule has 0 amide bonds. The van der Waals surface area contributed by atoms with Crippen molar-refractivity contribution in [1.82, 2.24) is 0 Å². The average molecular weight is 253 g/mol. The number of aromatic nitrogens is 1. The van der Waals surface area contributed by atoms with Crippen molar-refractivity contribution >= 4 is 24.3 Å². The molecule has 2 rings (SSSR count). The van der Waals surface area contributed by atoms with Crippen LogP contribution < -0.4 is 4.57 Å². The maximum absolute atomic E-state index is 2.50. The third kappa shape index (κ3) is 1.77. The fourth-order valence-electron chi connectivity index (χ4n) is 1.74. The van der Waals surface area contributed by atoms with Crippen LogP contribution in [0.15, 0.2) is 24.3 Å². The summed E-state index contributed by atoms with van der Waals surface area (Å²) in [5, 5.41) is 0. The van der Waals surface area contributed by atoms with Crippen LogP contribution in [-0.4, -0.2) is 14.5 Å². The van der Waals surface area contributed by atoms with Crippen LogP contribution >= 0.6 is 0 Å². The third-order valence-corrected chi connectivity index (χ3v) is 4.80. The van der Waals surface area contributed by atoms with E-state index in [0.717, 1.165) is 0 Å². The Morgan fingerprint density at radius 3 is 2.86 bits per heavy atom. The van der Waals surface area contributed by atoms with Crippen molar-refractivity contribution in [1.29, 1.82) is 0 Å². The molecule has 2 aromatic rings. The van der Waals surface area contributed by atoms with E-state index in [1.807, 2.05) is 0 Å². The predicted molar refractivity (Wildman–Crippen MR) is 60.7 cm³/mol. The van der Waals surface area contributed by atoms with Gasteiger partial charge in [0.25, 0.3) is 0 Å². The van der Waals surface area contributed by atoms with Crippen molar-refractivity contribution in [2.75, 3.05) is 0 Å². The second-order valence-corrected chi connectivity index (χ2v) is 6.18. The van der Waals surface area contributed by atoms with Gasteiger partial charge in [0.2, 0.25) is 0 Å². The van der Waals surface area contributed by atoms with Gasteiger partial charge in [-0.25, -0.2) is 0 Å². The summed E-state index contributed by atoms with van der Waals surface area (Å²) in [6.07, 6.45) is 2.57. The van der Waals surface area contributed by atoms with Gasteiger partial charge in [0.05, 0.1) is 0 Å². The van der Waals surface area contributed by atoms with Crippen LogP contribution in [0.25, 0.3) is 9.78 Å². The Morgan fingerprint density at radius 2 is 2.07 bits per heavy atom. The first-order valence-corrected chi connectivity index (χ1v) is 6.92. The standard InChI is InChI=1S/C12H16NSe/c1-3-4-9-13-10(2)14-12-8-6-5-7-11(12)13/h5-8H,3-4,9H2,1-2H3/q+1. The number of hydrogen-bond acceptors (Lipinski definition) is 0. The number of unbranched alkanes of at least 4 members (excludes halogenated alkanes) is 1. The normalized spacial score (nSPS) is 11.0. The van der Waals surface area contributed by atoms with Crippen LogP contribution in [0.4, 0.5) is 0 Å². The van der Waals surface area contributed by atoms with Crippen LogP contribution in [0.1, 0.15) is 24.3 Å². The molecular weight excluding hydrogens is 237 g/mol. The van der Waals surface area contributed by atoms with Gasteiger partial charge < -0.3 is 0 Å². The Kier molecular flexibility index (Phi) is 3.05. The van der Waals surface area contributed by atoms with Crippen molar-refractivity contribution in [2.45, 2.75) is 33.2 Å². The molecule has 14 heavy (non-hydrogen) atoms. The van der Waals surface area contributed by atoms with Crippen molar-refractivity contribution in [3.05, 3.63) is 28.8 Å². The number of para-hydroxylation sites is 1. The van der Waals surface area contributed by atoms with E-state index in [1.54, 1.807) is 8.83 Å². The van der Waals surface area contributed by atoms with Crippen molar-refractivity contribution < 1.29 is 4.57 Å². The summed E-state index contributed by atoms with van der Waals surface area (Å²) < 4.78 is 5.61. The average Bonchev–Trinajstić information content (AvgIpc) is 2.51. The van der Waals surface area contributed by atoms with Gasteiger partial charge in [-0.1, -0.05) is 0 Å². The van der Waals surface area contributed by atoms with Crippen LogP contribution in [0.5, 0.6) is 0 Å². The molecule has 74 valence electrons. The molecule has 1 aromatic carbocycles. The second-order valence-electron chi connectivity index (χ2n) is 3.59. The molecule has 1 heterocycles. The minimum absolute atomic E-state index is 0.574. The van der Waals surface area contributed by atoms with Crippen LogP contribution in [-0.2, 0) is 6.54 Å². The molecule has 0 bridgehead atoms. The topological polar surface area (TPSA) is 3.88 Å². The molecule has 2 heteroatoms. The Hall–Kier alpha value is -0.591. The van der Waals surface area contributed by atoms with Crippen LogP contribution in [0, 0.1) is 6.92 Å². The van der Waals surface area contributed by atoms with Gasteiger partial charge in [0.1, 0.15) is 0 Å². The summed E-state index contributed by atoms with van der Waals surface area (Å²) in [6.45, 7) is 5.72. The van der Waals surface area contributed by atoms with E-state index in [9.17, 15) is 0 Å². The van der Waals surface area contributed by atoms with Crippen LogP contribution in [0.3, 0.4) is 0 Å². The van der Waals surface area contributed by atoms with E-state index < -0.39 is 0 Å². The van der Waals surface area contributed by atoms with Gasteiger partial charge in [0, 0.05) is 0 Å². The molecule has 0 aliphatic heterocycles.